The minimum absolute atomic E-state index is 0.207. The molecule has 0 spiro atoms. The topological polar surface area (TPSA) is 40.5 Å². The lowest BCUT2D eigenvalue weighted by Gasteiger charge is -2.36. The molecule has 1 aliphatic rings. The maximum absolute atomic E-state index is 11.1. The van der Waals surface area contributed by atoms with Crippen molar-refractivity contribution in [2.24, 2.45) is 5.92 Å². The summed E-state index contributed by atoms with van der Waals surface area (Å²) >= 11 is 0. The third kappa shape index (κ3) is 3.35. The molecule has 1 N–H and O–H groups in total. The van der Waals surface area contributed by atoms with Gasteiger partial charge in [-0.2, -0.15) is 0 Å². The zero-order valence-corrected chi connectivity index (χ0v) is 12.0. The largest absolute Gasteiger partial charge is 0.481 e. The van der Waals surface area contributed by atoms with Gasteiger partial charge >= 0.3 is 5.97 Å². The maximum atomic E-state index is 11.1. The first-order valence-corrected chi connectivity index (χ1v) is 7.00. The van der Waals surface area contributed by atoms with Gasteiger partial charge in [-0.1, -0.05) is 23.8 Å². The molecule has 1 fully saturated rings. The van der Waals surface area contributed by atoms with Crippen molar-refractivity contribution >= 4 is 5.97 Å². The number of hydrogen-bond donors (Lipinski definition) is 1. The highest BCUT2D eigenvalue weighted by molar-refractivity contribution is 5.70. The van der Waals surface area contributed by atoms with Gasteiger partial charge in [0.25, 0.3) is 0 Å². The fourth-order valence-corrected chi connectivity index (χ4v) is 2.84. The zero-order valence-electron chi connectivity index (χ0n) is 12.0. The third-order valence-corrected chi connectivity index (χ3v) is 4.23. The number of piperidine rings is 1. The average molecular weight is 261 g/mol. The molecule has 1 aromatic carbocycles. The summed E-state index contributed by atoms with van der Waals surface area (Å²) in [5.41, 5.74) is 3.88. The molecule has 0 radical (unpaired) electrons. The van der Waals surface area contributed by atoms with E-state index in [1.165, 1.54) is 16.7 Å². The summed E-state index contributed by atoms with van der Waals surface area (Å²) in [6, 6.07) is 6.96. The van der Waals surface area contributed by atoms with Crippen LogP contribution in [0.4, 0.5) is 0 Å². The summed E-state index contributed by atoms with van der Waals surface area (Å²) < 4.78 is 0. The van der Waals surface area contributed by atoms with Gasteiger partial charge in [-0.15, -0.1) is 0 Å². The molecule has 104 valence electrons. The summed E-state index contributed by atoms with van der Waals surface area (Å²) in [5.74, 6) is -0.862. The first-order chi connectivity index (χ1) is 8.97. The van der Waals surface area contributed by atoms with Crippen molar-refractivity contribution in [3.8, 4) is 0 Å². The number of carbonyl (C=O) groups is 1. The second kappa shape index (κ2) is 5.74. The summed E-state index contributed by atoms with van der Waals surface area (Å²) in [4.78, 5) is 13.4. The molecule has 19 heavy (non-hydrogen) atoms. The number of benzene rings is 1. The molecular formula is C16H23NO2. The highest BCUT2D eigenvalue weighted by Crippen LogP contribution is 2.24. The monoisotopic (exact) mass is 261 g/mol. The minimum atomic E-state index is -0.655. The van der Waals surface area contributed by atoms with Crippen molar-refractivity contribution in [2.75, 3.05) is 6.54 Å². The van der Waals surface area contributed by atoms with Crippen LogP contribution in [0, 0.1) is 19.8 Å². The molecule has 3 heteroatoms. The van der Waals surface area contributed by atoms with Gasteiger partial charge in [-0.3, -0.25) is 9.69 Å². The molecule has 0 saturated carbocycles. The highest BCUT2D eigenvalue weighted by Gasteiger charge is 2.29. The van der Waals surface area contributed by atoms with Crippen LogP contribution in [0.2, 0.25) is 0 Å². The maximum Gasteiger partial charge on any atom is 0.307 e. The molecular weight excluding hydrogens is 238 g/mol. The van der Waals surface area contributed by atoms with Gasteiger partial charge in [0.2, 0.25) is 0 Å². The van der Waals surface area contributed by atoms with E-state index in [0.717, 1.165) is 19.4 Å². The molecule has 0 bridgehead atoms. The Hall–Kier alpha value is -1.35. The van der Waals surface area contributed by atoms with Crippen LogP contribution in [0.15, 0.2) is 18.2 Å². The lowest BCUT2D eigenvalue weighted by atomic mass is 9.92. The Morgan fingerprint density at radius 1 is 1.37 bits per heavy atom. The molecule has 2 unspecified atom stereocenters. The van der Waals surface area contributed by atoms with Crippen LogP contribution in [0.5, 0.6) is 0 Å². The van der Waals surface area contributed by atoms with Crippen LogP contribution in [0.3, 0.4) is 0 Å². The Bertz CT molecular complexity index is 470. The first-order valence-electron chi connectivity index (χ1n) is 7.00. The fraction of sp³-hybridized carbons (Fsp3) is 0.562. The van der Waals surface area contributed by atoms with Crippen molar-refractivity contribution in [1.82, 2.24) is 4.90 Å². The van der Waals surface area contributed by atoms with Gasteiger partial charge in [0.15, 0.2) is 0 Å². The van der Waals surface area contributed by atoms with Gasteiger partial charge in [-0.25, -0.2) is 0 Å². The van der Waals surface area contributed by atoms with Crippen LogP contribution in [0.1, 0.15) is 36.5 Å². The molecule has 1 saturated heterocycles. The predicted octanol–water partition coefficient (Wildman–Crippen LogP) is 2.99. The standard InChI is InChI=1S/C16H23NO2/c1-11-4-6-14(12(2)8-11)9-17-10-15(16(18)19)7-5-13(17)3/h4,6,8,13,15H,5,7,9-10H2,1-3H3,(H,18,19). The third-order valence-electron chi connectivity index (χ3n) is 4.23. The van der Waals surface area contributed by atoms with E-state index in [9.17, 15) is 9.90 Å². The van der Waals surface area contributed by atoms with Crippen LogP contribution < -0.4 is 0 Å². The Labute approximate surface area is 115 Å². The smallest absolute Gasteiger partial charge is 0.307 e. The van der Waals surface area contributed by atoms with E-state index in [4.69, 9.17) is 0 Å². The van der Waals surface area contributed by atoms with Crippen LogP contribution in [0.25, 0.3) is 0 Å². The molecule has 0 aliphatic carbocycles. The fourth-order valence-electron chi connectivity index (χ4n) is 2.84. The highest BCUT2D eigenvalue weighted by atomic mass is 16.4. The van der Waals surface area contributed by atoms with Crippen molar-refractivity contribution < 1.29 is 9.90 Å². The van der Waals surface area contributed by atoms with E-state index in [2.05, 4.69) is 43.9 Å². The van der Waals surface area contributed by atoms with Crippen molar-refractivity contribution in [1.29, 1.82) is 0 Å². The van der Waals surface area contributed by atoms with Gasteiger partial charge < -0.3 is 5.11 Å². The van der Waals surface area contributed by atoms with Gasteiger partial charge in [-0.05, 0) is 44.7 Å². The number of rotatable bonds is 3. The Morgan fingerprint density at radius 3 is 2.74 bits per heavy atom. The Morgan fingerprint density at radius 2 is 2.11 bits per heavy atom. The second-order valence-corrected chi connectivity index (χ2v) is 5.82. The molecule has 2 atom stereocenters. The van der Waals surface area contributed by atoms with E-state index in [1.54, 1.807) is 0 Å². The molecule has 0 aromatic heterocycles. The van der Waals surface area contributed by atoms with E-state index in [1.807, 2.05) is 0 Å². The lowest BCUT2D eigenvalue weighted by molar-refractivity contribution is -0.144. The van der Waals surface area contributed by atoms with Crippen molar-refractivity contribution in [3.63, 3.8) is 0 Å². The Kier molecular flexibility index (Phi) is 4.25. The number of likely N-dealkylation sites (tertiary alicyclic amines) is 1. The SMILES string of the molecule is Cc1ccc(CN2CC(C(=O)O)CCC2C)c(C)c1. The molecule has 0 amide bonds. The van der Waals surface area contributed by atoms with Crippen LogP contribution in [-0.2, 0) is 11.3 Å². The predicted molar refractivity (Wildman–Crippen MR) is 76.1 cm³/mol. The number of hydrogen-bond acceptors (Lipinski definition) is 2. The van der Waals surface area contributed by atoms with E-state index in [0.29, 0.717) is 12.6 Å². The summed E-state index contributed by atoms with van der Waals surface area (Å²) in [7, 11) is 0. The zero-order chi connectivity index (χ0) is 14.0. The quantitative estimate of drug-likeness (QED) is 0.909. The lowest BCUT2D eigenvalue weighted by Crippen LogP contribution is -2.43. The molecule has 2 rings (SSSR count). The van der Waals surface area contributed by atoms with E-state index < -0.39 is 5.97 Å². The summed E-state index contributed by atoms with van der Waals surface area (Å²) in [6.07, 6.45) is 1.78. The molecule has 1 heterocycles. The van der Waals surface area contributed by atoms with E-state index in [-0.39, 0.29) is 5.92 Å². The molecule has 1 aliphatic heterocycles. The number of carboxylic acids is 1. The van der Waals surface area contributed by atoms with Gasteiger partial charge in [0.05, 0.1) is 5.92 Å². The van der Waals surface area contributed by atoms with Crippen LogP contribution in [-0.4, -0.2) is 28.6 Å². The summed E-state index contributed by atoms with van der Waals surface area (Å²) in [6.45, 7) is 7.95. The van der Waals surface area contributed by atoms with Gasteiger partial charge in [0.1, 0.15) is 0 Å². The average Bonchev–Trinajstić information content (AvgIpc) is 2.34. The van der Waals surface area contributed by atoms with Gasteiger partial charge in [0, 0.05) is 19.1 Å². The molecule has 3 nitrogen and oxygen atoms in total. The summed E-state index contributed by atoms with van der Waals surface area (Å²) in [5, 5.41) is 9.17. The molecule has 1 aromatic rings. The first kappa shape index (κ1) is 14.1. The van der Waals surface area contributed by atoms with Crippen molar-refractivity contribution in [3.05, 3.63) is 34.9 Å². The number of aryl methyl sites for hydroxylation is 2. The van der Waals surface area contributed by atoms with E-state index >= 15 is 0 Å². The number of carboxylic acid groups (broad SMARTS) is 1. The van der Waals surface area contributed by atoms with Crippen LogP contribution >= 0.6 is 0 Å². The number of nitrogens with zero attached hydrogens (tertiary/aromatic N) is 1. The normalized spacial score (nSPS) is 24.4. The Balaban J connectivity index is 2.09. The second-order valence-electron chi connectivity index (χ2n) is 5.82. The van der Waals surface area contributed by atoms with Crippen molar-refractivity contribution in [2.45, 2.75) is 46.2 Å². The number of aliphatic carboxylic acids is 1. The minimum Gasteiger partial charge on any atom is -0.481 e.